The topological polar surface area (TPSA) is 75.7 Å². The van der Waals surface area contributed by atoms with E-state index in [4.69, 9.17) is 0 Å². The number of piperidine rings is 1. The molecule has 0 aromatic carbocycles. The van der Waals surface area contributed by atoms with Crippen LogP contribution in [0.5, 0.6) is 0 Å². The number of carbonyl (C=O) groups is 1. The van der Waals surface area contributed by atoms with E-state index in [1.165, 1.54) is 17.5 Å². The Kier molecular flexibility index (Phi) is 4.04. The number of carbonyl (C=O) groups excluding carboxylic acids is 1. The van der Waals surface area contributed by atoms with E-state index < -0.39 is 16.0 Å². The number of esters is 1. The highest BCUT2D eigenvalue weighted by atomic mass is 32.2. The summed E-state index contributed by atoms with van der Waals surface area (Å²) in [7, 11) is -2.37. The average molecular weight is 330 g/mol. The molecule has 0 aliphatic carbocycles. The van der Waals surface area contributed by atoms with Gasteiger partial charge in [-0.25, -0.2) is 13.2 Å². The van der Waals surface area contributed by atoms with E-state index in [1.54, 1.807) is 5.38 Å². The Morgan fingerprint density at radius 2 is 2.19 bits per heavy atom. The monoisotopic (exact) mass is 330 g/mol. The molecule has 2 saturated heterocycles. The summed E-state index contributed by atoms with van der Waals surface area (Å²) < 4.78 is 31.7. The molecule has 2 aliphatic rings. The molecule has 3 rings (SSSR count). The number of thiophene rings is 1. The Hall–Kier alpha value is -0.960. The number of nitrogens with zero attached hydrogens (tertiary/aromatic N) is 1. The van der Waals surface area contributed by atoms with Crippen LogP contribution in [0, 0.1) is 11.8 Å². The minimum Gasteiger partial charge on any atom is -0.465 e. The predicted octanol–water partition coefficient (Wildman–Crippen LogP) is 0.765. The zero-order valence-electron chi connectivity index (χ0n) is 11.7. The Labute approximate surface area is 128 Å². The van der Waals surface area contributed by atoms with Crippen LogP contribution in [0.1, 0.15) is 16.1 Å². The molecule has 21 heavy (non-hydrogen) atoms. The zero-order valence-corrected chi connectivity index (χ0v) is 13.4. The van der Waals surface area contributed by atoms with Gasteiger partial charge in [0, 0.05) is 13.1 Å². The van der Waals surface area contributed by atoms with Crippen LogP contribution < -0.4 is 5.32 Å². The van der Waals surface area contributed by atoms with Crippen LogP contribution in [0.4, 0.5) is 0 Å². The van der Waals surface area contributed by atoms with Crippen LogP contribution in [0.15, 0.2) is 16.3 Å². The van der Waals surface area contributed by atoms with Gasteiger partial charge in [0.25, 0.3) is 0 Å². The third-order valence-corrected chi connectivity index (χ3v) is 7.22. The van der Waals surface area contributed by atoms with Crippen LogP contribution in [-0.2, 0) is 14.8 Å². The Morgan fingerprint density at radius 3 is 2.95 bits per heavy atom. The number of rotatable bonds is 3. The van der Waals surface area contributed by atoms with Gasteiger partial charge in [-0.15, -0.1) is 11.3 Å². The lowest BCUT2D eigenvalue weighted by Crippen LogP contribution is -2.43. The van der Waals surface area contributed by atoms with E-state index in [0.29, 0.717) is 24.9 Å². The number of nitrogens with one attached hydrogen (secondary N) is 1. The molecule has 8 heteroatoms. The van der Waals surface area contributed by atoms with Crippen LogP contribution in [0.3, 0.4) is 0 Å². The summed E-state index contributed by atoms with van der Waals surface area (Å²) in [5.41, 5.74) is 0. The lowest BCUT2D eigenvalue weighted by Gasteiger charge is -2.33. The number of methoxy groups -OCH3 is 1. The number of sulfonamides is 1. The molecule has 0 amide bonds. The lowest BCUT2D eigenvalue weighted by molar-refractivity contribution is 0.0602. The first-order chi connectivity index (χ1) is 10.0. The summed E-state index contributed by atoms with van der Waals surface area (Å²) in [6.45, 7) is 2.88. The molecular formula is C13H18N2O4S2. The second-order valence-electron chi connectivity index (χ2n) is 5.44. The first kappa shape index (κ1) is 15.0. The van der Waals surface area contributed by atoms with Crippen molar-refractivity contribution >= 4 is 27.3 Å². The standard InChI is InChI=1S/C13H18N2O4S2/c1-19-13(16)12-11(3-5-20-12)21(17,18)15-4-2-9-6-14-7-10(9)8-15/h3,5,9-10,14H,2,4,6-8H2,1H3. The van der Waals surface area contributed by atoms with Crippen molar-refractivity contribution in [3.8, 4) is 0 Å². The van der Waals surface area contributed by atoms with Crippen molar-refractivity contribution in [2.24, 2.45) is 11.8 Å². The smallest absolute Gasteiger partial charge is 0.349 e. The highest BCUT2D eigenvalue weighted by molar-refractivity contribution is 7.89. The Bertz CT molecular complexity index is 640. The van der Waals surface area contributed by atoms with Crippen LogP contribution >= 0.6 is 11.3 Å². The van der Waals surface area contributed by atoms with Crippen LogP contribution in [0.25, 0.3) is 0 Å². The highest BCUT2D eigenvalue weighted by Crippen LogP contribution is 2.32. The normalized spacial score (nSPS) is 26.5. The number of hydrogen-bond donors (Lipinski definition) is 1. The number of hydrogen-bond acceptors (Lipinski definition) is 6. The van der Waals surface area contributed by atoms with Crippen LogP contribution in [-0.4, -0.2) is 52.0 Å². The van der Waals surface area contributed by atoms with Crippen molar-refractivity contribution in [3.05, 3.63) is 16.3 Å². The molecule has 0 bridgehead atoms. The first-order valence-electron chi connectivity index (χ1n) is 6.90. The molecule has 0 radical (unpaired) electrons. The first-order valence-corrected chi connectivity index (χ1v) is 9.22. The quantitative estimate of drug-likeness (QED) is 0.828. The molecule has 2 unspecified atom stereocenters. The summed E-state index contributed by atoms with van der Waals surface area (Å²) in [6, 6.07) is 1.49. The van der Waals surface area contributed by atoms with Gasteiger partial charge in [-0.1, -0.05) is 0 Å². The molecule has 1 aromatic heterocycles. The van der Waals surface area contributed by atoms with E-state index >= 15 is 0 Å². The maximum atomic E-state index is 12.8. The fraction of sp³-hybridized carbons (Fsp3) is 0.615. The molecule has 2 atom stereocenters. The van der Waals surface area contributed by atoms with Gasteiger partial charge in [-0.2, -0.15) is 4.31 Å². The molecule has 116 valence electrons. The van der Waals surface area contributed by atoms with Crippen molar-refractivity contribution in [2.45, 2.75) is 11.3 Å². The molecule has 1 aromatic rings. The summed E-state index contributed by atoms with van der Waals surface area (Å²) in [6.07, 6.45) is 0.870. The van der Waals surface area contributed by atoms with Crippen molar-refractivity contribution in [1.82, 2.24) is 9.62 Å². The SMILES string of the molecule is COC(=O)c1sccc1S(=O)(=O)N1CCC2CNCC2C1. The molecule has 1 N–H and O–H groups in total. The van der Waals surface area contributed by atoms with Crippen LogP contribution in [0.2, 0.25) is 0 Å². The number of ether oxygens (including phenoxy) is 1. The van der Waals surface area contributed by atoms with Crippen molar-refractivity contribution in [3.63, 3.8) is 0 Å². The molecule has 2 aliphatic heterocycles. The van der Waals surface area contributed by atoms with Crippen molar-refractivity contribution in [1.29, 1.82) is 0 Å². The van der Waals surface area contributed by atoms with Gasteiger partial charge in [0.15, 0.2) is 0 Å². The van der Waals surface area contributed by atoms with Crippen molar-refractivity contribution in [2.75, 3.05) is 33.3 Å². The van der Waals surface area contributed by atoms with E-state index in [1.807, 2.05) is 0 Å². The maximum absolute atomic E-state index is 12.8. The molecule has 0 saturated carbocycles. The summed E-state index contributed by atoms with van der Waals surface area (Å²) in [4.78, 5) is 11.9. The zero-order chi connectivity index (χ0) is 15.0. The third-order valence-electron chi connectivity index (χ3n) is 4.28. The molecule has 6 nitrogen and oxygen atoms in total. The van der Waals surface area contributed by atoms with Gasteiger partial charge in [-0.05, 0) is 42.8 Å². The van der Waals surface area contributed by atoms with Gasteiger partial charge in [0.05, 0.1) is 7.11 Å². The van der Waals surface area contributed by atoms with E-state index in [-0.39, 0.29) is 9.77 Å². The summed E-state index contributed by atoms with van der Waals surface area (Å²) in [5, 5.41) is 4.93. The Morgan fingerprint density at radius 1 is 1.43 bits per heavy atom. The van der Waals surface area contributed by atoms with Gasteiger partial charge >= 0.3 is 5.97 Å². The average Bonchev–Trinajstić information content (AvgIpc) is 3.14. The lowest BCUT2D eigenvalue weighted by atomic mass is 9.90. The molecule has 3 heterocycles. The second kappa shape index (κ2) is 5.68. The molecule has 2 fully saturated rings. The fourth-order valence-corrected chi connectivity index (χ4v) is 5.92. The Balaban J connectivity index is 1.87. The van der Waals surface area contributed by atoms with E-state index in [9.17, 15) is 13.2 Å². The minimum atomic E-state index is -3.63. The third kappa shape index (κ3) is 2.61. The van der Waals surface area contributed by atoms with Gasteiger partial charge in [0.1, 0.15) is 9.77 Å². The summed E-state index contributed by atoms with van der Waals surface area (Å²) in [5.74, 6) is 0.341. The van der Waals surface area contributed by atoms with Crippen molar-refractivity contribution < 1.29 is 17.9 Å². The van der Waals surface area contributed by atoms with Gasteiger partial charge in [0.2, 0.25) is 10.0 Å². The van der Waals surface area contributed by atoms with E-state index in [0.717, 1.165) is 30.8 Å². The highest BCUT2D eigenvalue weighted by Gasteiger charge is 2.39. The predicted molar refractivity (Wildman–Crippen MR) is 78.9 cm³/mol. The molecule has 0 spiro atoms. The van der Waals surface area contributed by atoms with Gasteiger partial charge in [-0.3, -0.25) is 0 Å². The van der Waals surface area contributed by atoms with E-state index in [2.05, 4.69) is 10.1 Å². The fourth-order valence-electron chi connectivity index (χ4n) is 3.10. The number of fused-ring (bicyclic) bond motifs is 1. The summed E-state index contributed by atoms with van der Waals surface area (Å²) >= 11 is 1.10. The molecular weight excluding hydrogens is 312 g/mol. The largest absolute Gasteiger partial charge is 0.465 e. The minimum absolute atomic E-state index is 0.0729. The van der Waals surface area contributed by atoms with Gasteiger partial charge < -0.3 is 10.1 Å². The maximum Gasteiger partial charge on any atom is 0.349 e. The second-order valence-corrected chi connectivity index (χ2v) is 8.26.